The molecule has 7 heteroatoms. The quantitative estimate of drug-likeness (QED) is 0.737. The van der Waals surface area contributed by atoms with Gasteiger partial charge in [0.2, 0.25) is 5.91 Å². The van der Waals surface area contributed by atoms with Gasteiger partial charge in [-0.25, -0.2) is 8.42 Å². The van der Waals surface area contributed by atoms with Crippen LogP contribution < -0.4 is 11.1 Å². The van der Waals surface area contributed by atoms with Gasteiger partial charge in [-0.05, 0) is 45.2 Å². The highest BCUT2D eigenvalue weighted by atomic mass is 32.2. The number of carbonyl (C=O) groups excluding carboxylic acids is 1. The molecule has 0 aromatic carbocycles. The Morgan fingerprint density at radius 1 is 1.19 bits per heavy atom. The number of amides is 1. The maximum atomic E-state index is 11.8. The van der Waals surface area contributed by atoms with Gasteiger partial charge in [-0.3, -0.25) is 9.69 Å². The van der Waals surface area contributed by atoms with E-state index in [1.54, 1.807) is 0 Å². The molecule has 3 N–H and O–H groups in total. The second kappa shape index (κ2) is 7.07. The summed E-state index contributed by atoms with van der Waals surface area (Å²) in [6.07, 6.45) is 6.55. The van der Waals surface area contributed by atoms with E-state index in [1.807, 2.05) is 0 Å². The first kappa shape index (κ1) is 16.7. The lowest BCUT2D eigenvalue weighted by Crippen LogP contribution is -2.53. The van der Waals surface area contributed by atoms with Crippen LogP contribution >= 0.6 is 0 Å². The molecule has 0 aromatic rings. The van der Waals surface area contributed by atoms with Crippen molar-refractivity contribution in [2.75, 3.05) is 25.9 Å². The minimum atomic E-state index is -3.01. The summed E-state index contributed by atoms with van der Waals surface area (Å²) in [5.41, 5.74) is 5.41. The van der Waals surface area contributed by atoms with Gasteiger partial charge >= 0.3 is 0 Å². The lowest BCUT2D eigenvalue weighted by Gasteiger charge is -2.42. The van der Waals surface area contributed by atoms with Crippen molar-refractivity contribution in [3.8, 4) is 0 Å². The van der Waals surface area contributed by atoms with Crippen molar-refractivity contribution in [2.24, 2.45) is 5.73 Å². The molecule has 1 aliphatic carbocycles. The van der Waals surface area contributed by atoms with Crippen LogP contribution in [0.4, 0.5) is 0 Å². The Hall–Kier alpha value is -0.660. The Balaban J connectivity index is 2.09. The molecule has 2 aliphatic rings. The van der Waals surface area contributed by atoms with Crippen LogP contribution in [0.15, 0.2) is 0 Å². The number of carbonyl (C=O) groups is 1. The molecule has 1 heterocycles. The first-order chi connectivity index (χ1) is 9.88. The largest absolute Gasteiger partial charge is 0.369 e. The second-order valence-electron chi connectivity index (χ2n) is 6.39. The van der Waals surface area contributed by atoms with Gasteiger partial charge in [0.25, 0.3) is 0 Å². The van der Waals surface area contributed by atoms with Crippen molar-refractivity contribution in [3.05, 3.63) is 0 Å². The number of primary amides is 1. The minimum Gasteiger partial charge on any atom is -0.369 e. The van der Waals surface area contributed by atoms with Crippen molar-refractivity contribution in [3.63, 3.8) is 0 Å². The van der Waals surface area contributed by atoms with Crippen molar-refractivity contribution in [1.82, 2.24) is 10.2 Å². The fourth-order valence-corrected chi connectivity index (χ4v) is 4.85. The van der Waals surface area contributed by atoms with Crippen molar-refractivity contribution in [2.45, 2.75) is 55.9 Å². The first-order valence-corrected chi connectivity index (χ1v) is 9.77. The van der Waals surface area contributed by atoms with Crippen molar-refractivity contribution >= 4 is 15.7 Å². The van der Waals surface area contributed by atoms with E-state index in [4.69, 9.17) is 5.73 Å². The smallest absolute Gasteiger partial charge is 0.231 e. The third kappa shape index (κ3) is 4.66. The summed E-state index contributed by atoms with van der Waals surface area (Å²) in [4.78, 5) is 13.6. The molecular formula is C14H27N3O3S. The Morgan fingerprint density at radius 3 is 2.43 bits per heavy atom. The molecule has 0 aromatic heterocycles. The predicted octanol–water partition coefficient (Wildman–Crippen LogP) is -0.118. The highest BCUT2D eigenvalue weighted by Gasteiger charge is 2.35. The van der Waals surface area contributed by atoms with E-state index in [-0.39, 0.29) is 23.7 Å². The first-order valence-electron chi connectivity index (χ1n) is 7.81. The van der Waals surface area contributed by atoms with E-state index in [2.05, 4.69) is 10.2 Å². The van der Waals surface area contributed by atoms with Crippen molar-refractivity contribution < 1.29 is 13.2 Å². The highest BCUT2D eigenvalue weighted by molar-refractivity contribution is 7.91. The molecule has 0 radical (unpaired) electrons. The lowest BCUT2D eigenvalue weighted by molar-refractivity contribution is -0.120. The van der Waals surface area contributed by atoms with Crippen molar-refractivity contribution in [1.29, 1.82) is 0 Å². The topological polar surface area (TPSA) is 92.5 Å². The van der Waals surface area contributed by atoms with Gasteiger partial charge in [0, 0.05) is 18.3 Å². The van der Waals surface area contributed by atoms with E-state index in [9.17, 15) is 13.2 Å². The summed E-state index contributed by atoms with van der Waals surface area (Å²) in [7, 11) is -3.01. The molecule has 1 aliphatic heterocycles. The monoisotopic (exact) mass is 317 g/mol. The fraction of sp³-hybridized carbons (Fsp3) is 0.929. The van der Waals surface area contributed by atoms with Crippen LogP contribution in [0.2, 0.25) is 0 Å². The summed E-state index contributed by atoms with van der Waals surface area (Å²) >= 11 is 0. The molecule has 2 unspecified atom stereocenters. The van der Waals surface area contributed by atoms with Crippen LogP contribution in [0.3, 0.4) is 0 Å². The maximum Gasteiger partial charge on any atom is 0.231 e. The lowest BCUT2D eigenvalue weighted by atomic mass is 9.91. The number of sulfone groups is 1. The Bertz CT molecular complexity index is 460. The molecule has 0 bridgehead atoms. The predicted molar refractivity (Wildman–Crippen MR) is 82.7 cm³/mol. The van der Waals surface area contributed by atoms with Crippen LogP contribution in [0.1, 0.15) is 38.5 Å². The van der Waals surface area contributed by atoms with Gasteiger partial charge in [-0.2, -0.15) is 0 Å². The van der Waals surface area contributed by atoms with Gasteiger partial charge in [0.1, 0.15) is 9.84 Å². The molecule has 1 saturated carbocycles. The van der Waals surface area contributed by atoms with Crippen LogP contribution in [0.5, 0.6) is 0 Å². The third-order valence-electron chi connectivity index (χ3n) is 4.79. The molecule has 1 amide bonds. The van der Waals surface area contributed by atoms with E-state index in [1.165, 1.54) is 6.26 Å². The summed E-state index contributed by atoms with van der Waals surface area (Å²) in [5, 5.41) is 3.05. The number of piperidine rings is 1. The summed E-state index contributed by atoms with van der Waals surface area (Å²) < 4.78 is 23.7. The van der Waals surface area contributed by atoms with Gasteiger partial charge in [0.15, 0.2) is 0 Å². The minimum absolute atomic E-state index is 0.161. The summed E-state index contributed by atoms with van der Waals surface area (Å²) in [5.74, 6) is -0.324. The second-order valence-corrected chi connectivity index (χ2v) is 8.72. The van der Waals surface area contributed by atoms with Crippen LogP contribution in [0, 0.1) is 0 Å². The Kier molecular flexibility index (Phi) is 5.62. The normalized spacial score (nSPS) is 28.7. The van der Waals surface area contributed by atoms with E-state index < -0.39 is 9.84 Å². The summed E-state index contributed by atoms with van der Waals surface area (Å²) in [6.45, 7) is 2.14. The highest BCUT2D eigenvalue weighted by Crippen LogP contribution is 2.29. The van der Waals surface area contributed by atoms with E-state index in [0.29, 0.717) is 12.5 Å². The average molecular weight is 317 g/mol. The number of nitrogens with zero attached hydrogens (tertiary/aromatic N) is 1. The van der Waals surface area contributed by atoms with Gasteiger partial charge in [-0.15, -0.1) is 0 Å². The van der Waals surface area contributed by atoms with E-state index >= 15 is 0 Å². The van der Waals surface area contributed by atoms with E-state index in [0.717, 1.165) is 45.2 Å². The maximum absolute atomic E-state index is 11.8. The summed E-state index contributed by atoms with van der Waals surface area (Å²) in [6, 6.07) is 0.496. The SMILES string of the molecule is CS(=O)(=O)C1CCCC(N(CC(N)=O)C2CCNCC2)C1. The molecule has 122 valence electrons. The van der Waals surface area contributed by atoms with Crippen LogP contribution in [0.25, 0.3) is 0 Å². The molecule has 1 saturated heterocycles. The standard InChI is InChI=1S/C14H27N3O3S/c1-21(19,20)13-4-2-3-12(9-13)17(10-14(15)18)11-5-7-16-8-6-11/h11-13,16H,2-10H2,1H3,(H2,15,18). The molecule has 2 rings (SSSR count). The Labute approximate surface area is 127 Å². The number of nitrogens with two attached hydrogens (primary N) is 1. The van der Waals surface area contributed by atoms with Gasteiger partial charge in [-0.1, -0.05) is 6.42 Å². The molecule has 21 heavy (non-hydrogen) atoms. The fourth-order valence-electron chi connectivity index (χ4n) is 3.69. The zero-order valence-electron chi connectivity index (χ0n) is 12.8. The van der Waals surface area contributed by atoms with Crippen LogP contribution in [-0.4, -0.2) is 62.4 Å². The van der Waals surface area contributed by atoms with Gasteiger partial charge in [0.05, 0.1) is 11.8 Å². The number of hydrogen-bond donors (Lipinski definition) is 2. The zero-order valence-corrected chi connectivity index (χ0v) is 13.6. The zero-order chi connectivity index (χ0) is 15.5. The number of hydrogen-bond acceptors (Lipinski definition) is 5. The average Bonchev–Trinajstić information content (AvgIpc) is 2.45. The molecular weight excluding hydrogens is 290 g/mol. The molecule has 2 fully saturated rings. The third-order valence-corrected chi connectivity index (χ3v) is 6.43. The number of rotatable bonds is 5. The van der Waals surface area contributed by atoms with Crippen LogP contribution in [-0.2, 0) is 14.6 Å². The molecule has 2 atom stereocenters. The molecule has 6 nitrogen and oxygen atoms in total. The molecule has 0 spiro atoms. The number of nitrogens with one attached hydrogen (secondary N) is 1. The van der Waals surface area contributed by atoms with Gasteiger partial charge < -0.3 is 11.1 Å². The Morgan fingerprint density at radius 2 is 1.86 bits per heavy atom.